The van der Waals surface area contributed by atoms with Crippen LogP contribution in [0.5, 0.6) is 5.75 Å². The molecule has 0 radical (unpaired) electrons. The second-order valence-corrected chi connectivity index (χ2v) is 3.63. The van der Waals surface area contributed by atoms with Crippen LogP contribution in [0.2, 0.25) is 5.02 Å². The van der Waals surface area contributed by atoms with Crippen LogP contribution in [-0.4, -0.2) is 24.3 Å². The summed E-state index contributed by atoms with van der Waals surface area (Å²) in [6.07, 6.45) is 1.41. The summed E-state index contributed by atoms with van der Waals surface area (Å²) in [4.78, 5) is 11.3. The Kier molecular flexibility index (Phi) is 3.01. The molecule has 0 saturated carbocycles. The number of ether oxygens (including phenoxy) is 2. The van der Waals surface area contributed by atoms with E-state index in [1.165, 1.54) is 18.2 Å². The molecule has 0 spiro atoms. The number of carbonyl (C=O) groups excluding carboxylic acids is 1. The third-order valence-electron chi connectivity index (χ3n) is 2.05. The zero-order valence-electron chi connectivity index (χ0n) is 8.27. The van der Waals surface area contributed by atoms with Gasteiger partial charge in [-0.25, -0.2) is 4.79 Å². The number of cyclic esters (lactones) is 1. The van der Waals surface area contributed by atoms with Crippen LogP contribution in [0.15, 0.2) is 24.0 Å². The van der Waals surface area contributed by atoms with E-state index in [1.807, 2.05) is 0 Å². The fraction of sp³-hybridized carbons (Fsp3) is 0.182. The summed E-state index contributed by atoms with van der Waals surface area (Å²) >= 11 is 5.77. The molecular formula is C11H9ClO4. The van der Waals surface area contributed by atoms with E-state index in [0.717, 1.165) is 0 Å². The number of benzene rings is 1. The Bertz CT molecular complexity index is 453. The third kappa shape index (κ3) is 2.28. The van der Waals surface area contributed by atoms with Gasteiger partial charge in [0.2, 0.25) is 5.76 Å². The van der Waals surface area contributed by atoms with Crippen molar-refractivity contribution in [2.24, 2.45) is 0 Å². The number of carbonyl (C=O) groups is 1. The average molecular weight is 241 g/mol. The molecule has 1 N–H and O–H groups in total. The quantitative estimate of drug-likeness (QED) is 0.602. The molecule has 16 heavy (non-hydrogen) atoms. The van der Waals surface area contributed by atoms with Gasteiger partial charge in [-0.1, -0.05) is 11.6 Å². The largest absolute Gasteiger partial charge is 0.507 e. The van der Waals surface area contributed by atoms with E-state index in [1.54, 1.807) is 6.07 Å². The van der Waals surface area contributed by atoms with E-state index in [-0.39, 0.29) is 18.1 Å². The molecule has 0 aromatic heterocycles. The molecule has 1 heterocycles. The van der Waals surface area contributed by atoms with E-state index in [9.17, 15) is 9.90 Å². The molecule has 84 valence electrons. The van der Waals surface area contributed by atoms with Gasteiger partial charge in [-0.2, -0.15) is 0 Å². The maximum atomic E-state index is 11.3. The SMILES string of the molecule is O=C1OCCO/C1=C\c1cc(Cl)ccc1O. The summed E-state index contributed by atoms with van der Waals surface area (Å²) < 4.78 is 9.91. The first-order valence-corrected chi connectivity index (χ1v) is 5.05. The lowest BCUT2D eigenvalue weighted by Gasteiger charge is -2.15. The van der Waals surface area contributed by atoms with Crippen LogP contribution >= 0.6 is 11.6 Å². The second-order valence-electron chi connectivity index (χ2n) is 3.20. The number of phenolic OH excluding ortho intramolecular Hbond substituents is 1. The van der Waals surface area contributed by atoms with E-state index < -0.39 is 5.97 Å². The van der Waals surface area contributed by atoms with Crippen molar-refractivity contribution < 1.29 is 19.4 Å². The summed E-state index contributed by atoms with van der Waals surface area (Å²) in [7, 11) is 0. The Labute approximate surface area is 97.0 Å². The minimum absolute atomic E-state index is 0.0267. The van der Waals surface area contributed by atoms with Gasteiger partial charge >= 0.3 is 5.97 Å². The zero-order valence-corrected chi connectivity index (χ0v) is 9.03. The van der Waals surface area contributed by atoms with Gasteiger partial charge in [-0.3, -0.25) is 0 Å². The van der Waals surface area contributed by atoms with Crippen LogP contribution in [0.4, 0.5) is 0 Å². The monoisotopic (exact) mass is 240 g/mol. The molecule has 0 atom stereocenters. The number of rotatable bonds is 1. The average Bonchev–Trinajstić information content (AvgIpc) is 2.27. The molecule has 0 bridgehead atoms. The lowest BCUT2D eigenvalue weighted by atomic mass is 10.2. The number of aromatic hydroxyl groups is 1. The lowest BCUT2D eigenvalue weighted by Crippen LogP contribution is -2.21. The van der Waals surface area contributed by atoms with Crippen molar-refractivity contribution in [1.82, 2.24) is 0 Å². The van der Waals surface area contributed by atoms with Crippen molar-refractivity contribution in [2.45, 2.75) is 0 Å². The smallest absolute Gasteiger partial charge is 0.373 e. The normalized spacial score (nSPS) is 18.1. The van der Waals surface area contributed by atoms with E-state index >= 15 is 0 Å². The van der Waals surface area contributed by atoms with E-state index in [4.69, 9.17) is 21.1 Å². The topological polar surface area (TPSA) is 55.8 Å². The Hall–Kier alpha value is -1.68. The number of halogens is 1. The Morgan fingerprint density at radius 2 is 2.06 bits per heavy atom. The van der Waals surface area contributed by atoms with Gasteiger partial charge in [-0.15, -0.1) is 0 Å². The Morgan fingerprint density at radius 3 is 2.81 bits per heavy atom. The molecule has 1 fully saturated rings. The van der Waals surface area contributed by atoms with Crippen LogP contribution in [-0.2, 0) is 14.3 Å². The molecule has 0 aliphatic carbocycles. The highest BCUT2D eigenvalue weighted by molar-refractivity contribution is 6.30. The third-order valence-corrected chi connectivity index (χ3v) is 2.29. The number of hydrogen-bond donors (Lipinski definition) is 1. The fourth-order valence-electron chi connectivity index (χ4n) is 1.30. The summed E-state index contributed by atoms with van der Waals surface area (Å²) in [6.45, 7) is 0.566. The standard InChI is InChI=1S/C11H9ClO4/c12-8-1-2-9(13)7(5-8)6-10-11(14)16-4-3-15-10/h1-2,5-6,13H,3-4H2/b10-6-. The minimum Gasteiger partial charge on any atom is -0.507 e. The number of esters is 1. The molecule has 1 aromatic carbocycles. The molecule has 1 saturated heterocycles. The van der Waals surface area contributed by atoms with Crippen molar-refractivity contribution in [3.05, 3.63) is 34.5 Å². The minimum atomic E-state index is -0.536. The highest BCUT2D eigenvalue weighted by atomic mass is 35.5. The van der Waals surface area contributed by atoms with Crippen molar-refractivity contribution in [2.75, 3.05) is 13.2 Å². The molecule has 2 rings (SSSR count). The number of phenols is 1. The van der Waals surface area contributed by atoms with Crippen LogP contribution in [0.3, 0.4) is 0 Å². The highest BCUT2D eigenvalue weighted by Gasteiger charge is 2.18. The Morgan fingerprint density at radius 1 is 1.31 bits per heavy atom. The molecular weight excluding hydrogens is 232 g/mol. The molecule has 1 aromatic rings. The summed E-state index contributed by atoms with van der Waals surface area (Å²) in [5.74, 6) is -0.437. The van der Waals surface area contributed by atoms with Crippen molar-refractivity contribution in [3.8, 4) is 5.75 Å². The van der Waals surface area contributed by atoms with E-state index in [2.05, 4.69) is 0 Å². The maximum Gasteiger partial charge on any atom is 0.373 e. The van der Waals surface area contributed by atoms with Crippen molar-refractivity contribution in [1.29, 1.82) is 0 Å². The van der Waals surface area contributed by atoms with Crippen LogP contribution < -0.4 is 0 Å². The second kappa shape index (κ2) is 4.45. The number of hydrogen-bond acceptors (Lipinski definition) is 4. The van der Waals surface area contributed by atoms with Gasteiger partial charge in [0, 0.05) is 10.6 Å². The van der Waals surface area contributed by atoms with Crippen molar-refractivity contribution in [3.63, 3.8) is 0 Å². The summed E-state index contributed by atoms with van der Waals surface area (Å²) in [5.41, 5.74) is 0.418. The Balaban J connectivity index is 2.33. The first kappa shape index (κ1) is 10.8. The molecule has 0 unspecified atom stereocenters. The molecule has 5 heteroatoms. The first-order valence-electron chi connectivity index (χ1n) is 4.67. The first-order chi connectivity index (χ1) is 7.66. The van der Waals surface area contributed by atoms with Crippen LogP contribution in [0.25, 0.3) is 6.08 Å². The zero-order chi connectivity index (χ0) is 11.5. The van der Waals surface area contributed by atoms with Crippen LogP contribution in [0.1, 0.15) is 5.56 Å². The highest BCUT2D eigenvalue weighted by Crippen LogP contribution is 2.24. The van der Waals surface area contributed by atoms with Gasteiger partial charge in [-0.05, 0) is 24.3 Å². The van der Waals surface area contributed by atoms with Crippen molar-refractivity contribution >= 4 is 23.6 Å². The van der Waals surface area contributed by atoms with Gasteiger partial charge in [0.05, 0.1) is 0 Å². The molecule has 1 aliphatic heterocycles. The fourth-order valence-corrected chi connectivity index (χ4v) is 1.48. The van der Waals surface area contributed by atoms with E-state index in [0.29, 0.717) is 17.2 Å². The van der Waals surface area contributed by atoms with Crippen LogP contribution in [0, 0.1) is 0 Å². The lowest BCUT2D eigenvalue weighted by molar-refractivity contribution is -0.150. The predicted molar refractivity (Wildman–Crippen MR) is 58.0 cm³/mol. The predicted octanol–water partition coefficient (Wildman–Crippen LogP) is 1.96. The summed E-state index contributed by atoms with van der Waals surface area (Å²) in [5, 5.41) is 10.0. The van der Waals surface area contributed by atoms with Gasteiger partial charge < -0.3 is 14.6 Å². The maximum absolute atomic E-state index is 11.3. The van der Waals surface area contributed by atoms with Gasteiger partial charge in [0.15, 0.2) is 0 Å². The molecule has 4 nitrogen and oxygen atoms in total. The van der Waals surface area contributed by atoms with Gasteiger partial charge in [0.25, 0.3) is 0 Å². The molecule has 0 amide bonds. The molecule has 1 aliphatic rings. The summed E-state index contributed by atoms with van der Waals surface area (Å²) in [6, 6.07) is 4.54. The van der Waals surface area contributed by atoms with Gasteiger partial charge in [0.1, 0.15) is 19.0 Å².